The predicted molar refractivity (Wildman–Crippen MR) is 90.1 cm³/mol. The van der Waals surface area contributed by atoms with Gasteiger partial charge < -0.3 is 10.2 Å². The molecule has 1 heterocycles. The summed E-state index contributed by atoms with van der Waals surface area (Å²) in [6.07, 6.45) is 1.89. The van der Waals surface area contributed by atoms with Crippen LogP contribution in [0.1, 0.15) is 31.9 Å². The Labute approximate surface area is 128 Å². The van der Waals surface area contributed by atoms with Gasteiger partial charge in [-0.3, -0.25) is 0 Å². The van der Waals surface area contributed by atoms with E-state index in [0.717, 1.165) is 18.9 Å². The predicted octanol–water partition coefficient (Wildman–Crippen LogP) is 4.05. The Morgan fingerprint density at radius 3 is 2.67 bits per heavy atom. The lowest BCUT2D eigenvalue weighted by Gasteiger charge is -2.23. The summed E-state index contributed by atoms with van der Waals surface area (Å²) in [6.45, 7) is 10.4. The van der Waals surface area contributed by atoms with Crippen LogP contribution in [0.3, 0.4) is 0 Å². The first kappa shape index (κ1) is 15.5. The number of anilines is 2. The number of hydrogen-bond acceptors (Lipinski definition) is 3. The maximum absolute atomic E-state index is 4.54. The lowest BCUT2D eigenvalue weighted by atomic mass is 10.2. The van der Waals surface area contributed by atoms with E-state index in [4.69, 9.17) is 0 Å². The minimum absolute atomic E-state index is 0.487. The molecule has 0 atom stereocenters. The molecule has 0 amide bonds. The van der Waals surface area contributed by atoms with E-state index in [1.54, 1.807) is 0 Å². The summed E-state index contributed by atoms with van der Waals surface area (Å²) in [6, 6.07) is 13.3. The van der Waals surface area contributed by atoms with E-state index in [1.165, 1.54) is 16.8 Å². The second-order valence-corrected chi connectivity index (χ2v) is 5.64. The van der Waals surface area contributed by atoms with Gasteiger partial charge in [-0.05, 0) is 49.2 Å². The van der Waals surface area contributed by atoms with Gasteiger partial charge in [0.1, 0.15) is 5.82 Å². The standard InChI is InChI=1S/C18H25N3/c1-5-21(17-8-6-7-15(4)11-17)18-12-16(9-10-19-18)13-20-14(2)3/h6-12,14,20H,5,13H2,1-4H3. The number of nitrogens with zero attached hydrogens (tertiary/aromatic N) is 2. The molecule has 112 valence electrons. The Morgan fingerprint density at radius 2 is 2.00 bits per heavy atom. The van der Waals surface area contributed by atoms with Gasteiger partial charge in [0.15, 0.2) is 0 Å². The molecule has 0 aliphatic heterocycles. The van der Waals surface area contributed by atoms with Gasteiger partial charge in [0.2, 0.25) is 0 Å². The lowest BCUT2D eigenvalue weighted by Crippen LogP contribution is -2.22. The van der Waals surface area contributed by atoms with Crippen LogP contribution in [0.4, 0.5) is 11.5 Å². The van der Waals surface area contributed by atoms with Crippen molar-refractivity contribution in [1.82, 2.24) is 10.3 Å². The van der Waals surface area contributed by atoms with Gasteiger partial charge >= 0.3 is 0 Å². The Bertz CT molecular complexity index is 578. The minimum atomic E-state index is 0.487. The van der Waals surface area contributed by atoms with E-state index in [0.29, 0.717) is 6.04 Å². The third-order valence-corrected chi connectivity index (χ3v) is 3.43. The first-order chi connectivity index (χ1) is 10.1. The summed E-state index contributed by atoms with van der Waals surface area (Å²) < 4.78 is 0. The highest BCUT2D eigenvalue weighted by Gasteiger charge is 2.09. The van der Waals surface area contributed by atoms with Crippen LogP contribution >= 0.6 is 0 Å². The zero-order valence-electron chi connectivity index (χ0n) is 13.4. The van der Waals surface area contributed by atoms with E-state index in [1.807, 2.05) is 6.20 Å². The van der Waals surface area contributed by atoms with E-state index in [9.17, 15) is 0 Å². The highest BCUT2D eigenvalue weighted by molar-refractivity contribution is 5.61. The lowest BCUT2D eigenvalue weighted by molar-refractivity contribution is 0.588. The van der Waals surface area contributed by atoms with Gasteiger partial charge in [0.05, 0.1) is 0 Å². The topological polar surface area (TPSA) is 28.2 Å². The van der Waals surface area contributed by atoms with Crippen LogP contribution in [0, 0.1) is 6.92 Å². The molecule has 1 aromatic heterocycles. The molecule has 3 nitrogen and oxygen atoms in total. The van der Waals surface area contributed by atoms with Crippen molar-refractivity contribution in [3.63, 3.8) is 0 Å². The minimum Gasteiger partial charge on any atom is -0.327 e. The first-order valence-electron chi connectivity index (χ1n) is 7.62. The fourth-order valence-corrected chi connectivity index (χ4v) is 2.31. The maximum Gasteiger partial charge on any atom is 0.133 e. The highest BCUT2D eigenvalue weighted by atomic mass is 15.2. The number of pyridine rings is 1. The Morgan fingerprint density at radius 1 is 1.19 bits per heavy atom. The molecule has 2 rings (SSSR count). The average molecular weight is 283 g/mol. The molecule has 0 bridgehead atoms. The van der Waals surface area contributed by atoms with Gasteiger partial charge in [-0.1, -0.05) is 26.0 Å². The van der Waals surface area contributed by atoms with Gasteiger partial charge in [0.25, 0.3) is 0 Å². The van der Waals surface area contributed by atoms with E-state index < -0.39 is 0 Å². The van der Waals surface area contributed by atoms with Crippen LogP contribution in [-0.4, -0.2) is 17.6 Å². The number of hydrogen-bond donors (Lipinski definition) is 1. The number of rotatable bonds is 6. The fraction of sp³-hybridized carbons (Fsp3) is 0.389. The van der Waals surface area contributed by atoms with Gasteiger partial charge in [-0.2, -0.15) is 0 Å². The fourth-order valence-electron chi connectivity index (χ4n) is 2.31. The molecule has 3 heteroatoms. The van der Waals surface area contributed by atoms with Crippen LogP contribution in [0.15, 0.2) is 42.6 Å². The van der Waals surface area contributed by atoms with Gasteiger partial charge in [-0.25, -0.2) is 4.98 Å². The van der Waals surface area contributed by atoms with E-state index in [2.05, 4.69) is 79.3 Å². The molecule has 0 saturated heterocycles. The van der Waals surface area contributed by atoms with Crippen molar-refractivity contribution in [2.45, 2.75) is 40.3 Å². The van der Waals surface area contributed by atoms with Crippen LogP contribution < -0.4 is 10.2 Å². The summed E-state index contributed by atoms with van der Waals surface area (Å²) >= 11 is 0. The maximum atomic E-state index is 4.54. The first-order valence-corrected chi connectivity index (χ1v) is 7.62. The molecule has 2 aromatic rings. The molecule has 0 unspecified atom stereocenters. The van der Waals surface area contributed by atoms with E-state index >= 15 is 0 Å². The molecule has 1 N–H and O–H groups in total. The number of aromatic nitrogens is 1. The van der Waals surface area contributed by atoms with Crippen molar-refractivity contribution >= 4 is 11.5 Å². The molecular weight excluding hydrogens is 258 g/mol. The molecular formula is C18H25N3. The number of benzene rings is 1. The second kappa shape index (κ2) is 7.23. The quantitative estimate of drug-likeness (QED) is 0.867. The summed E-state index contributed by atoms with van der Waals surface area (Å²) in [5.74, 6) is 1.01. The molecule has 0 fully saturated rings. The summed E-state index contributed by atoms with van der Waals surface area (Å²) in [5.41, 5.74) is 3.72. The zero-order chi connectivity index (χ0) is 15.2. The van der Waals surface area contributed by atoms with Crippen LogP contribution in [0.5, 0.6) is 0 Å². The Kier molecular flexibility index (Phi) is 5.34. The van der Waals surface area contributed by atoms with E-state index in [-0.39, 0.29) is 0 Å². The molecule has 21 heavy (non-hydrogen) atoms. The second-order valence-electron chi connectivity index (χ2n) is 5.64. The monoisotopic (exact) mass is 283 g/mol. The Hall–Kier alpha value is -1.87. The summed E-state index contributed by atoms with van der Waals surface area (Å²) in [7, 11) is 0. The van der Waals surface area contributed by atoms with Crippen molar-refractivity contribution in [3.05, 3.63) is 53.7 Å². The van der Waals surface area contributed by atoms with Crippen molar-refractivity contribution < 1.29 is 0 Å². The third kappa shape index (κ3) is 4.30. The van der Waals surface area contributed by atoms with Crippen molar-refractivity contribution in [2.75, 3.05) is 11.4 Å². The largest absolute Gasteiger partial charge is 0.327 e. The number of aryl methyl sites for hydroxylation is 1. The molecule has 0 aliphatic carbocycles. The Balaban J connectivity index is 2.24. The number of nitrogens with one attached hydrogen (secondary N) is 1. The van der Waals surface area contributed by atoms with Crippen molar-refractivity contribution in [1.29, 1.82) is 0 Å². The molecule has 0 saturated carbocycles. The molecule has 0 spiro atoms. The van der Waals surface area contributed by atoms with Crippen molar-refractivity contribution in [2.24, 2.45) is 0 Å². The van der Waals surface area contributed by atoms with Crippen molar-refractivity contribution in [3.8, 4) is 0 Å². The zero-order valence-corrected chi connectivity index (χ0v) is 13.4. The van der Waals surface area contributed by atoms with Crippen LogP contribution in [0.25, 0.3) is 0 Å². The van der Waals surface area contributed by atoms with Crippen LogP contribution in [0.2, 0.25) is 0 Å². The smallest absolute Gasteiger partial charge is 0.133 e. The van der Waals surface area contributed by atoms with Crippen LogP contribution in [-0.2, 0) is 6.54 Å². The van der Waals surface area contributed by atoms with Gasteiger partial charge in [0, 0.05) is 31.0 Å². The highest BCUT2D eigenvalue weighted by Crippen LogP contribution is 2.24. The molecule has 0 radical (unpaired) electrons. The van der Waals surface area contributed by atoms with Gasteiger partial charge in [-0.15, -0.1) is 0 Å². The normalized spacial score (nSPS) is 10.9. The SMILES string of the molecule is CCN(c1cccc(C)c1)c1cc(CNC(C)C)ccn1. The average Bonchev–Trinajstić information content (AvgIpc) is 2.46. The summed E-state index contributed by atoms with van der Waals surface area (Å²) in [4.78, 5) is 6.78. The summed E-state index contributed by atoms with van der Waals surface area (Å²) in [5, 5.41) is 3.45. The molecule has 0 aliphatic rings. The third-order valence-electron chi connectivity index (χ3n) is 3.43. The molecule has 1 aromatic carbocycles.